The first kappa shape index (κ1) is 22.1. The summed E-state index contributed by atoms with van der Waals surface area (Å²) in [6.07, 6.45) is 0.667. The second kappa shape index (κ2) is 8.90. The molecule has 6 nitrogen and oxygen atoms in total. The van der Waals surface area contributed by atoms with Crippen LogP contribution in [0.3, 0.4) is 0 Å². The van der Waals surface area contributed by atoms with Crippen molar-refractivity contribution in [3.05, 3.63) is 35.6 Å². The number of halogens is 1. The zero-order valence-corrected chi connectivity index (χ0v) is 17.5. The van der Waals surface area contributed by atoms with Gasteiger partial charge >= 0.3 is 6.09 Å². The maximum Gasteiger partial charge on any atom is 0.410 e. The van der Waals surface area contributed by atoms with Gasteiger partial charge in [0.25, 0.3) is 0 Å². The number of nitrogens with zero attached hydrogens (tertiary/aromatic N) is 2. The maximum atomic E-state index is 13.4. The monoisotopic (exact) mass is 394 g/mol. The number of carbonyl (C=O) groups is 2. The summed E-state index contributed by atoms with van der Waals surface area (Å²) in [7, 11) is 3.38. The lowest BCUT2D eigenvalue weighted by Crippen LogP contribution is -2.50. The third kappa shape index (κ3) is 5.44. The summed E-state index contributed by atoms with van der Waals surface area (Å²) >= 11 is 0. The van der Waals surface area contributed by atoms with Gasteiger partial charge in [0, 0.05) is 40.4 Å². The minimum absolute atomic E-state index is 0.0417. The molecule has 156 valence electrons. The van der Waals surface area contributed by atoms with E-state index in [9.17, 15) is 14.0 Å². The van der Waals surface area contributed by atoms with Crippen LogP contribution in [0.15, 0.2) is 24.3 Å². The van der Waals surface area contributed by atoms with Crippen LogP contribution in [0.25, 0.3) is 0 Å². The predicted molar refractivity (Wildman–Crippen MR) is 105 cm³/mol. The Morgan fingerprint density at radius 1 is 1.07 bits per heavy atom. The maximum absolute atomic E-state index is 13.4. The lowest BCUT2D eigenvalue weighted by atomic mass is 9.73. The molecular weight excluding hydrogens is 363 g/mol. The van der Waals surface area contributed by atoms with Crippen molar-refractivity contribution in [1.29, 1.82) is 0 Å². The first-order valence-corrected chi connectivity index (χ1v) is 9.59. The SMILES string of the molecule is CN(CCN(C)C(=O)C1(c2ccc(F)cc2)CCOCC1)C(=O)OC(C)(C)C. The Morgan fingerprint density at radius 3 is 2.14 bits per heavy atom. The fourth-order valence-electron chi connectivity index (χ4n) is 3.31. The van der Waals surface area contributed by atoms with Gasteiger partial charge in [0.2, 0.25) is 5.91 Å². The van der Waals surface area contributed by atoms with Crippen molar-refractivity contribution < 1.29 is 23.5 Å². The van der Waals surface area contributed by atoms with Gasteiger partial charge in [-0.3, -0.25) is 4.79 Å². The van der Waals surface area contributed by atoms with Crippen LogP contribution in [0.5, 0.6) is 0 Å². The molecule has 1 fully saturated rings. The molecule has 7 heteroatoms. The topological polar surface area (TPSA) is 59.1 Å². The van der Waals surface area contributed by atoms with Crippen molar-refractivity contribution in [3.63, 3.8) is 0 Å². The highest BCUT2D eigenvalue weighted by molar-refractivity contribution is 5.88. The quantitative estimate of drug-likeness (QED) is 0.770. The number of hydrogen-bond acceptors (Lipinski definition) is 4. The van der Waals surface area contributed by atoms with Gasteiger partial charge in [0.05, 0.1) is 5.41 Å². The predicted octanol–water partition coefficient (Wildman–Crippen LogP) is 3.20. The lowest BCUT2D eigenvalue weighted by molar-refractivity contribution is -0.140. The molecule has 0 N–H and O–H groups in total. The molecule has 1 heterocycles. The first-order chi connectivity index (χ1) is 13.0. The van der Waals surface area contributed by atoms with E-state index in [1.807, 2.05) is 20.8 Å². The average molecular weight is 394 g/mol. The standard InChI is InChI=1S/C21H31FN2O4/c1-20(2,3)28-19(26)24(5)13-12-23(4)18(25)21(10-14-27-15-11-21)16-6-8-17(22)9-7-16/h6-9H,10-15H2,1-5H3. The minimum atomic E-state index is -0.731. The lowest BCUT2D eigenvalue weighted by Gasteiger charge is -2.39. The number of carbonyl (C=O) groups excluding carboxylic acids is 2. The smallest absolute Gasteiger partial charge is 0.410 e. The van der Waals surface area contributed by atoms with Crippen LogP contribution in [-0.2, 0) is 19.7 Å². The molecule has 0 bridgehead atoms. The number of likely N-dealkylation sites (N-methyl/N-ethyl adjacent to an activating group) is 2. The molecule has 0 saturated carbocycles. The van der Waals surface area contributed by atoms with E-state index in [-0.39, 0.29) is 11.7 Å². The van der Waals surface area contributed by atoms with Gasteiger partial charge < -0.3 is 19.3 Å². The summed E-state index contributed by atoms with van der Waals surface area (Å²) in [6.45, 7) is 7.12. The Morgan fingerprint density at radius 2 is 1.61 bits per heavy atom. The summed E-state index contributed by atoms with van der Waals surface area (Å²) in [5, 5.41) is 0. The molecule has 1 aromatic carbocycles. The summed E-state index contributed by atoms with van der Waals surface area (Å²) < 4.78 is 24.2. The van der Waals surface area contributed by atoms with E-state index < -0.39 is 17.1 Å². The van der Waals surface area contributed by atoms with E-state index >= 15 is 0 Å². The number of benzene rings is 1. The molecule has 28 heavy (non-hydrogen) atoms. The van der Waals surface area contributed by atoms with Crippen molar-refractivity contribution in [2.24, 2.45) is 0 Å². The summed E-state index contributed by atoms with van der Waals surface area (Å²) in [6, 6.07) is 6.13. The van der Waals surface area contributed by atoms with Crippen molar-refractivity contribution in [1.82, 2.24) is 9.80 Å². The second-order valence-corrected chi connectivity index (χ2v) is 8.33. The number of hydrogen-bond donors (Lipinski definition) is 0. The van der Waals surface area contributed by atoms with E-state index in [2.05, 4.69) is 0 Å². The van der Waals surface area contributed by atoms with Gasteiger partial charge in [-0.05, 0) is 51.3 Å². The third-order valence-electron chi connectivity index (χ3n) is 4.98. The molecule has 2 rings (SSSR count). The molecule has 1 aromatic rings. The van der Waals surface area contributed by atoms with Crippen LogP contribution in [0, 0.1) is 5.82 Å². The average Bonchev–Trinajstić information content (AvgIpc) is 2.64. The fourth-order valence-corrected chi connectivity index (χ4v) is 3.31. The first-order valence-electron chi connectivity index (χ1n) is 9.59. The second-order valence-electron chi connectivity index (χ2n) is 8.33. The highest BCUT2D eigenvalue weighted by Gasteiger charge is 2.43. The van der Waals surface area contributed by atoms with Crippen LogP contribution in [0.4, 0.5) is 9.18 Å². The Labute approximate surface area is 166 Å². The fraction of sp³-hybridized carbons (Fsp3) is 0.619. The Hall–Kier alpha value is -2.15. The summed E-state index contributed by atoms with van der Waals surface area (Å²) in [5.74, 6) is -0.370. The molecule has 1 aliphatic rings. The van der Waals surface area contributed by atoms with Crippen molar-refractivity contribution in [3.8, 4) is 0 Å². The number of ether oxygens (including phenoxy) is 2. The van der Waals surface area contributed by atoms with Crippen LogP contribution in [0.1, 0.15) is 39.2 Å². The molecule has 0 aromatic heterocycles. The van der Waals surface area contributed by atoms with E-state index in [0.717, 1.165) is 5.56 Å². The zero-order valence-electron chi connectivity index (χ0n) is 17.5. The van der Waals surface area contributed by atoms with Crippen LogP contribution < -0.4 is 0 Å². The molecule has 0 spiro atoms. The van der Waals surface area contributed by atoms with Gasteiger partial charge in [-0.25, -0.2) is 9.18 Å². The molecular formula is C21H31FN2O4. The van der Waals surface area contributed by atoms with Gasteiger partial charge in [0.15, 0.2) is 0 Å². The largest absolute Gasteiger partial charge is 0.444 e. The van der Waals surface area contributed by atoms with Gasteiger partial charge in [0.1, 0.15) is 11.4 Å². The molecule has 0 aliphatic carbocycles. The van der Waals surface area contributed by atoms with Crippen molar-refractivity contribution >= 4 is 12.0 Å². The van der Waals surface area contributed by atoms with Crippen LogP contribution in [-0.4, -0.2) is 67.8 Å². The minimum Gasteiger partial charge on any atom is -0.444 e. The Bertz CT molecular complexity index is 679. The Balaban J connectivity index is 2.08. The van der Waals surface area contributed by atoms with E-state index in [0.29, 0.717) is 39.1 Å². The van der Waals surface area contributed by atoms with Crippen LogP contribution >= 0.6 is 0 Å². The summed E-state index contributed by atoms with van der Waals surface area (Å²) in [5.41, 5.74) is -0.498. The van der Waals surface area contributed by atoms with Gasteiger partial charge in [-0.2, -0.15) is 0 Å². The van der Waals surface area contributed by atoms with E-state index in [1.165, 1.54) is 17.0 Å². The zero-order chi connectivity index (χ0) is 20.9. The van der Waals surface area contributed by atoms with Crippen molar-refractivity contribution in [2.75, 3.05) is 40.4 Å². The molecule has 2 amide bonds. The van der Waals surface area contributed by atoms with E-state index in [4.69, 9.17) is 9.47 Å². The normalized spacial score (nSPS) is 16.4. The molecule has 1 aliphatic heterocycles. The molecule has 0 unspecified atom stereocenters. The molecule has 0 atom stereocenters. The number of rotatable bonds is 5. The molecule has 1 saturated heterocycles. The Kier molecular flexibility index (Phi) is 7.04. The van der Waals surface area contributed by atoms with Gasteiger partial charge in [-0.1, -0.05) is 12.1 Å². The van der Waals surface area contributed by atoms with Gasteiger partial charge in [-0.15, -0.1) is 0 Å². The van der Waals surface area contributed by atoms with E-state index in [1.54, 1.807) is 31.1 Å². The summed E-state index contributed by atoms with van der Waals surface area (Å²) in [4.78, 5) is 28.6. The van der Waals surface area contributed by atoms with Crippen LogP contribution in [0.2, 0.25) is 0 Å². The number of amides is 2. The molecule has 0 radical (unpaired) electrons. The van der Waals surface area contributed by atoms with Crippen molar-refractivity contribution in [2.45, 2.75) is 44.6 Å². The highest BCUT2D eigenvalue weighted by Crippen LogP contribution is 2.36. The highest BCUT2D eigenvalue weighted by atomic mass is 19.1. The third-order valence-corrected chi connectivity index (χ3v) is 4.98.